The summed E-state index contributed by atoms with van der Waals surface area (Å²) in [5.41, 5.74) is 3.67. The second kappa shape index (κ2) is 9.32. The Morgan fingerprint density at radius 2 is 2.03 bits per heavy atom. The molecule has 1 unspecified atom stereocenters. The van der Waals surface area contributed by atoms with Crippen LogP contribution in [0.5, 0.6) is 5.75 Å². The molecule has 0 fully saturated rings. The number of sulfonamides is 1. The Labute approximate surface area is 196 Å². The molecule has 3 N–H and O–H groups in total. The topological polar surface area (TPSA) is 108 Å². The van der Waals surface area contributed by atoms with Crippen molar-refractivity contribution >= 4 is 44.4 Å². The number of carboxylic acid groups (broad SMARTS) is 1. The highest BCUT2D eigenvalue weighted by Crippen LogP contribution is 2.37. The predicted molar refractivity (Wildman–Crippen MR) is 131 cm³/mol. The molecule has 0 radical (unpaired) electrons. The number of rotatable bonds is 9. The summed E-state index contributed by atoms with van der Waals surface area (Å²) in [6, 6.07) is 14.8. The van der Waals surface area contributed by atoms with E-state index in [0.29, 0.717) is 11.7 Å². The highest BCUT2D eigenvalue weighted by atomic mass is 32.2. The average Bonchev–Trinajstić information content (AvgIpc) is 3.41. The third-order valence-electron chi connectivity index (χ3n) is 5.66. The first-order valence-electron chi connectivity index (χ1n) is 10.4. The molecule has 0 saturated heterocycles. The first kappa shape index (κ1) is 22.9. The lowest BCUT2D eigenvalue weighted by molar-refractivity contribution is 0.0698. The van der Waals surface area contributed by atoms with Gasteiger partial charge in [-0.2, -0.15) is 0 Å². The predicted octanol–water partition coefficient (Wildman–Crippen LogP) is 4.29. The molecule has 174 valence electrons. The van der Waals surface area contributed by atoms with Gasteiger partial charge < -0.3 is 20.1 Å². The second-order valence-electron chi connectivity index (χ2n) is 7.79. The molecule has 2 aromatic carbocycles. The molecular weight excluding hydrogens is 462 g/mol. The van der Waals surface area contributed by atoms with Gasteiger partial charge in [-0.25, -0.2) is 13.2 Å². The summed E-state index contributed by atoms with van der Waals surface area (Å²) in [5, 5.41) is 14.0. The number of benzene rings is 2. The molecule has 3 aromatic rings. The highest BCUT2D eigenvalue weighted by Gasteiger charge is 2.26. The number of methoxy groups -OCH3 is 1. The number of aromatic carboxylic acids is 1. The van der Waals surface area contributed by atoms with Gasteiger partial charge in [0.15, 0.2) is 0 Å². The quantitative estimate of drug-likeness (QED) is 0.413. The third-order valence-corrected chi connectivity index (χ3v) is 8.10. The Hall–Kier alpha value is -3.24. The van der Waals surface area contributed by atoms with Crippen LogP contribution < -0.4 is 19.7 Å². The van der Waals surface area contributed by atoms with E-state index in [1.807, 2.05) is 0 Å². The van der Waals surface area contributed by atoms with Crippen LogP contribution in [0.3, 0.4) is 0 Å². The van der Waals surface area contributed by atoms with Gasteiger partial charge in [-0.1, -0.05) is 18.2 Å². The Morgan fingerprint density at radius 3 is 2.79 bits per heavy atom. The van der Waals surface area contributed by atoms with Crippen molar-refractivity contribution in [3.63, 3.8) is 0 Å². The zero-order valence-corrected chi connectivity index (χ0v) is 19.9. The Balaban J connectivity index is 1.43. The minimum absolute atomic E-state index is 0.233. The van der Waals surface area contributed by atoms with Gasteiger partial charge in [-0.3, -0.25) is 4.72 Å². The van der Waals surface area contributed by atoms with Crippen molar-refractivity contribution in [2.45, 2.75) is 17.2 Å². The molecule has 10 heteroatoms. The van der Waals surface area contributed by atoms with E-state index in [4.69, 9.17) is 4.74 Å². The molecule has 2 heterocycles. The van der Waals surface area contributed by atoms with Crippen LogP contribution in [0.2, 0.25) is 0 Å². The molecule has 33 heavy (non-hydrogen) atoms. The van der Waals surface area contributed by atoms with Crippen molar-refractivity contribution in [3.8, 4) is 5.75 Å². The molecule has 1 aliphatic rings. The van der Waals surface area contributed by atoms with E-state index in [9.17, 15) is 18.3 Å². The molecule has 1 atom stereocenters. The van der Waals surface area contributed by atoms with Crippen molar-refractivity contribution in [1.82, 2.24) is 0 Å². The normalized spacial score (nSPS) is 15.2. The van der Waals surface area contributed by atoms with Gasteiger partial charge in [0.2, 0.25) is 0 Å². The van der Waals surface area contributed by atoms with Crippen LogP contribution in [0.4, 0.5) is 17.1 Å². The lowest BCUT2D eigenvalue weighted by Gasteiger charge is -2.16. The fourth-order valence-electron chi connectivity index (χ4n) is 4.10. The van der Waals surface area contributed by atoms with E-state index in [2.05, 4.69) is 46.3 Å². The van der Waals surface area contributed by atoms with Gasteiger partial charge in [-0.15, -0.1) is 11.3 Å². The van der Waals surface area contributed by atoms with Gasteiger partial charge in [0.1, 0.15) is 15.5 Å². The van der Waals surface area contributed by atoms with Gasteiger partial charge in [0.05, 0.1) is 12.8 Å². The molecule has 1 aromatic heterocycles. The molecule has 1 aliphatic heterocycles. The number of nitrogens with one attached hydrogen (secondary N) is 2. The van der Waals surface area contributed by atoms with E-state index >= 15 is 0 Å². The number of likely N-dealkylation sites (N-methyl/N-ethyl adjacent to an activating group) is 1. The molecule has 0 spiro atoms. The first-order chi connectivity index (χ1) is 15.8. The zero-order valence-electron chi connectivity index (χ0n) is 18.2. The standard InChI is InChI=1S/C23H25N3O5S2/c1-26-14-15(17-5-3-4-6-19(17)26)9-11-24-16-7-8-18(20(13-16)31-2)25-33(29,30)21-10-12-32-22(21)23(27)28/h3-8,10,12-13,15,24-25H,9,11,14H2,1-2H3,(H,27,28). The number of anilines is 3. The fourth-order valence-corrected chi connectivity index (χ4v) is 6.43. The maximum absolute atomic E-state index is 12.7. The summed E-state index contributed by atoms with van der Waals surface area (Å²) >= 11 is 0.860. The largest absolute Gasteiger partial charge is 0.494 e. The van der Waals surface area contributed by atoms with Crippen LogP contribution in [0, 0.1) is 0 Å². The highest BCUT2D eigenvalue weighted by molar-refractivity contribution is 7.93. The molecule has 0 amide bonds. The maximum Gasteiger partial charge on any atom is 0.347 e. The van der Waals surface area contributed by atoms with Crippen LogP contribution in [0.25, 0.3) is 0 Å². The molecule has 4 rings (SSSR count). The number of para-hydroxylation sites is 1. The van der Waals surface area contributed by atoms with Gasteiger partial charge in [0, 0.05) is 43.5 Å². The van der Waals surface area contributed by atoms with Crippen LogP contribution in [0.1, 0.15) is 27.6 Å². The SMILES string of the molecule is COc1cc(NCCC2CN(C)c3ccccc32)ccc1NS(=O)(=O)c1ccsc1C(=O)O. The zero-order chi connectivity index (χ0) is 23.6. The van der Waals surface area contributed by atoms with E-state index in [1.165, 1.54) is 29.8 Å². The number of carbonyl (C=O) groups is 1. The third kappa shape index (κ3) is 4.76. The number of nitrogens with zero attached hydrogens (tertiary/aromatic N) is 1. The summed E-state index contributed by atoms with van der Waals surface area (Å²) in [4.78, 5) is 13.1. The fraction of sp³-hybridized carbons (Fsp3) is 0.261. The van der Waals surface area contributed by atoms with Crippen molar-refractivity contribution < 1.29 is 23.1 Å². The van der Waals surface area contributed by atoms with E-state index in [-0.39, 0.29) is 15.5 Å². The molecule has 0 bridgehead atoms. The summed E-state index contributed by atoms with van der Waals surface area (Å²) < 4.78 is 33.3. The molecule has 8 nitrogen and oxygen atoms in total. The number of carboxylic acids is 1. The number of ether oxygens (including phenoxy) is 1. The summed E-state index contributed by atoms with van der Waals surface area (Å²) in [7, 11) is -0.521. The molecule has 0 aliphatic carbocycles. The van der Waals surface area contributed by atoms with Crippen molar-refractivity contribution in [1.29, 1.82) is 0 Å². The van der Waals surface area contributed by atoms with Crippen molar-refractivity contribution in [2.24, 2.45) is 0 Å². The van der Waals surface area contributed by atoms with Crippen LogP contribution in [-0.2, 0) is 10.0 Å². The summed E-state index contributed by atoms with van der Waals surface area (Å²) in [5.74, 6) is -0.504. The number of fused-ring (bicyclic) bond motifs is 1. The van der Waals surface area contributed by atoms with E-state index in [1.54, 1.807) is 18.2 Å². The number of thiophene rings is 1. The maximum atomic E-state index is 12.7. The van der Waals surface area contributed by atoms with Crippen LogP contribution in [0.15, 0.2) is 58.8 Å². The first-order valence-corrected chi connectivity index (χ1v) is 12.7. The Kier molecular flexibility index (Phi) is 6.48. The lowest BCUT2D eigenvalue weighted by Crippen LogP contribution is -2.17. The minimum atomic E-state index is -4.08. The lowest BCUT2D eigenvalue weighted by atomic mass is 9.98. The monoisotopic (exact) mass is 487 g/mol. The number of hydrogen-bond donors (Lipinski definition) is 3. The summed E-state index contributed by atoms with van der Waals surface area (Å²) in [6.07, 6.45) is 0.953. The van der Waals surface area contributed by atoms with Crippen LogP contribution in [-0.4, -0.2) is 46.7 Å². The number of hydrogen-bond acceptors (Lipinski definition) is 7. The molecular formula is C23H25N3O5S2. The second-order valence-corrected chi connectivity index (χ2v) is 10.4. The average molecular weight is 488 g/mol. The molecule has 0 saturated carbocycles. The Bertz CT molecular complexity index is 1270. The smallest absolute Gasteiger partial charge is 0.347 e. The Morgan fingerprint density at radius 1 is 1.24 bits per heavy atom. The van der Waals surface area contributed by atoms with Gasteiger partial charge >= 0.3 is 5.97 Å². The minimum Gasteiger partial charge on any atom is -0.494 e. The van der Waals surface area contributed by atoms with E-state index < -0.39 is 16.0 Å². The van der Waals surface area contributed by atoms with Gasteiger partial charge in [-0.05, 0) is 41.6 Å². The van der Waals surface area contributed by atoms with E-state index in [0.717, 1.165) is 36.5 Å². The summed E-state index contributed by atoms with van der Waals surface area (Å²) in [6.45, 7) is 1.73. The van der Waals surface area contributed by atoms with Gasteiger partial charge in [0.25, 0.3) is 10.0 Å². The van der Waals surface area contributed by atoms with Crippen LogP contribution >= 0.6 is 11.3 Å². The van der Waals surface area contributed by atoms with Crippen molar-refractivity contribution in [2.75, 3.05) is 42.2 Å². The van der Waals surface area contributed by atoms with Crippen molar-refractivity contribution in [3.05, 3.63) is 64.4 Å².